The quantitative estimate of drug-likeness (QED) is 0.649. The third-order valence-corrected chi connectivity index (χ3v) is 0.993. The number of aromatic hydroxyl groups is 1. The molecule has 0 unspecified atom stereocenters. The van der Waals surface area contributed by atoms with Crippen LogP contribution in [-0.4, -0.2) is 10.1 Å². The molecule has 0 aliphatic rings. The van der Waals surface area contributed by atoms with Crippen molar-refractivity contribution >= 4 is 36.2 Å². The van der Waals surface area contributed by atoms with Crippen molar-refractivity contribution in [2.75, 3.05) is 0 Å². The highest BCUT2D eigenvalue weighted by atomic mass is 35.5. The zero-order chi connectivity index (χ0) is 4.41. The lowest BCUT2D eigenvalue weighted by atomic mass is 10.9. The van der Waals surface area contributed by atoms with Gasteiger partial charge in [0.1, 0.15) is 0 Å². The third kappa shape index (κ3) is 3.07. The van der Waals surface area contributed by atoms with Crippen molar-refractivity contribution in [3.8, 4) is 5.06 Å². The molecule has 2 nitrogen and oxygen atoms in total. The van der Waals surface area contributed by atoms with Crippen molar-refractivity contribution in [1.82, 2.24) is 4.98 Å². The van der Waals surface area contributed by atoms with Crippen molar-refractivity contribution in [1.29, 1.82) is 0 Å². The van der Waals surface area contributed by atoms with Crippen LogP contribution in [0.1, 0.15) is 0 Å². The van der Waals surface area contributed by atoms with Crippen LogP contribution in [-0.2, 0) is 0 Å². The summed E-state index contributed by atoms with van der Waals surface area (Å²) in [6.07, 6.45) is 1.41. The number of hydrogen-bond acceptors (Lipinski definition) is 3. The van der Waals surface area contributed by atoms with Crippen LogP contribution in [0.5, 0.6) is 5.06 Å². The summed E-state index contributed by atoms with van der Waals surface area (Å²) >= 11 is 1.22. The van der Waals surface area contributed by atoms with Gasteiger partial charge in [0.15, 0.2) is 5.06 Å². The molecular formula is C3H5Cl2NOS. The first-order chi connectivity index (χ1) is 2.89. The van der Waals surface area contributed by atoms with Gasteiger partial charge in [0, 0.05) is 0 Å². The summed E-state index contributed by atoms with van der Waals surface area (Å²) < 4.78 is 0. The van der Waals surface area contributed by atoms with E-state index in [2.05, 4.69) is 4.98 Å². The number of halogens is 2. The molecule has 1 N–H and O–H groups in total. The van der Waals surface area contributed by atoms with Crippen LogP contribution in [0.25, 0.3) is 0 Å². The van der Waals surface area contributed by atoms with Crippen LogP contribution in [0.15, 0.2) is 11.7 Å². The van der Waals surface area contributed by atoms with Crippen LogP contribution in [0, 0.1) is 0 Å². The van der Waals surface area contributed by atoms with Crippen molar-refractivity contribution < 1.29 is 5.11 Å². The fourth-order valence-corrected chi connectivity index (χ4v) is 0.560. The van der Waals surface area contributed by atoms with E-state index in [0.717, 1.165) is 0 Å². The summed E-state index contributed by atoms with van der Waals surface area (Å²) in [5, 5.41) is 8.70. The molecule has 48 valence electrons. The largest absolute Gasteiger partial charge is 0.498 e. The Morgan fingerprint density at radius 1 is 1.50 bits per heavy atom. The summed E-state index contributed by atoms with van der Waals surface area (Å²) in [7, 11) is 0. The lowest BCUT2D eigenvalue weighted by molar-refractivity contribution is 0.489. The monoisotopic (exact) mass is 173 g/mol. The maximum absolute atomic E-state index is 8.43. The number of nitrogens with zero attached hydrogens (tertiary/aromatic N) is 1. The van der Waals surface area contributed by atoms with Crippen LogP contribution in [0.4, 0.5) is 0 Å². The van der Waals surface area contributed by atoms with E-state index in [0.29, 0.717) is 0 Å². The van der Waals surface area contributed by atoms with E-state index in [-0.39, 0.29) is 29.9 Å². The summed E-state index contributed by atoms with van der Waals surface area (Å²) in [4.78, 5) is 3.59. The molecule has 1 rings (SSSR count). The predicted octanol–water partition coefficient (Wildman–Crippen LogP) is 1.69. The Morgan fingerprint density at radius 2 is 2.12 bits per heavy atom. The molecule has 5 heteroatoms. The molecule has 0 amide bonds. The smallest absolute Gasteiger partial charge is 0.191 e. The van der Waals surface area contributed by atoms with Gasteiger partial charge in [0.05, 0.1) is 11.7 Å². The minimum absolute atomic E-state index is 0. The molecule has 0 radical (unpaired) electrons. The van der Waals surface area contributed by atoms with Crippen molar-refractivity contribution in [2.24, 2.45) is 0 Å². The van der Waals surface area contributed by atoms with Gasteiger partial charge < -0.3 is 5.11 Å². The fourth-order valence-electron chi connectivity index (χ4n) is 0.209. The van der Waals surface area contributed by atoms with Gasteiger partial charge in [-0.05, 0) is 0 Å². The van der Waals surface area contributed by atoms with E-state index in [1.54, 1.807) is 5.51 Å². The lowest BCUT2D eigenvalue weighted by Gasteiger charge is -1.65. The second kappa shape index (κ2) is 5.15. The second-order valence-corrected chi connectivity index (χ2v) is 1.70. The second-order valence-electron chi connectivity index (χ2n) is 0.840. The Kier molecular flexibility index (Phi) is 7.02. The average molecular weight is 174 g/mol. The lowest BCUT2D eigenvalue weighted by Crippen LogP contribution is -1.43. The first-order valence-corrected chi connectivity index (χ1v) is 2.35. The Hall–Kier alpha value is 0.01000. The molecule has 0 spiro atoms. The Morgan fingerprint density at radius 3 is 2.25 bits per heavy atom. The van der Waals surface area contributed by atoms with E-state index < -0.39 is 0 Å². The Bertz CT molecular complexity index is 121. The maximum atomic E-state index is 8.43. The van der Waals surface area contributed by atoms with Gasteiger partial charge >= 0.3 is 0 Å². The summed E-state index contributed by atoms with van der Waals surface area (Å²) in [5.41, 5.74) is 1.58. The van der Waals surface area contributed by atoms with E-state index in [1.165, 1.54) is 17.5 Å². The molecule has 1 heterocycles. The van der Waals surface area contributed by atoms with Gasteiger partial charge in [0.25, 0.3) is 0 Å². The SMILES string of the molecule is Cl.Cl.Oc1cncs1. The highest BCUT2D eigenvalue weighted by molar-refractivity contribution is 7.11. The first-order valence-electron chi connectivity index (χ1n) is 1.47. The minimum atomic E-state index is 0. The van der Waals surface area contributed by atoms with E-state index >= 15 is 0 Å². The highest BCUT2D eigenvalue weighted by Gasteiger charge is 1.79. The molecule has 1 aromatic heterocycles. The van der Waals surface area contributed by atoms with Gasteiger partial charge in [-0.25, -0.2) is 4.98 Å². The van der Waals surface area contributed by atoms with Crippen LogP contribution < -0.4 is 0 Å². The zero-order valence-corrected chi connectivity index (χ0v) is 6.22. The van der Waals surface area contributed by atoms with E-state index in [9.17, 15) is 0 Å². The molecule has 0 atom stereocenters. The van der Waals surface area contributed by atoms with Crippen LogP contribution in [0.2, 0.25) is 0 Å². The van der Waals surface area contributed by atoms with Crippen molar-refractivity contribution in [3.05, 3.63) is 11.7 Å². The normalized spacial score (nSPS) is 6.50. The average Bonchev–Trinajstić information content (AvgIpc) is 1.86. The molecule has 8 heavy (non-hydrogen) atoms. The molecule has 0 aliphatic heterocycles. The zero-order valence-electron chi connectivity index (χ0n) is 3.77. The number of thiazole rings is 1. The highest BCUT2D eigenvalue weighted by Crippen LogP contribution is 2.11. The van der Waals surface area contributed by atoms with Gasteiger partial charge in [-0.2, -0.15) is 0 Å². The molecule has 1 aromatic rings. The molecule has 0 fully saturated rings. The summed E-state index contributed by atoms with van der Waals surface area (Å²) in [5.74, 6) is 0. The minimum Gasteiger partial charge on any atom is -0.498 e. The number of rotatable bonds is 0. The van der Waals surface area contributed by atoms with Gasteiger partial charge in [-0.1, -0.05) is 11.3 Å². The fraction of sp³-hybridized carbons (Fsp3) is 0. The van der Waals surface area contributed by atoms with E-state index in [1.807, 2.05) is 0 Å². The number of hydrogen-bond donors (Lipinski definition) is 1. The predicted molar refractivity (Wildman–Crippen MR) is 38.3 cm³/mol. The molecular weight excluding hydrogens is 169 g/mol. The molecule has 0 aromatic carbocycles. The molecule has 0 saturated heterocycles. The Balaban J connectivity index is 0. The van der Waals surface area contributed by atoms with Gasteiger partial charge in [0.2, 0.25) is 0 Å². The summed E-state index contributed by atoms with van der Waals surface area (Å²) in [6, 6.07) is 0. The van der Waals surface area contributed by atoms with Gasteiger partial charge in [-0.15, -0.1) is 24.8 Å². The number of aromatic nitrogens is 1. The third-order valence-electron chi connectivity index (χ3n) is 0.419. The maximum Gasteiger partial charge on any atom is 0.191 e. The molecule has 0 bridgehead atoms. The van der Waals surface area contributed by atoms with Crippen molar-refractivity contribution in [2.45, 2.75) is 0 Å². The topological polar surface area (TPSA) is 33.1 Å². The van der Waals surface area contributed by atoms with Gasteiger partial charge in [-0.3, -0.25) is 0 Å². The van der Waals surface area contributed by atoms with Crippen LogP contribution in [0.3, 0.4) is 0 Å². The molecule has 0 aliphatic carbocycles. The standard InChI is InChI=1S/C3H3NOS.2ClH/c5-3-1-4-2-6-3;;/h1-2,5H;2*1H. The van der Waals surface area contributed by atoms with Crippen molar-refractivity contribution in [3.63, 3.8) is 0 Å². The Labute approximate surface area is 63.4 Å². The summed E-state index contributed by atoms with van der Waals surface area (Å²) in [6.45, 7) is 0. The first kappa shape index (κ1) is 10.9. The van der Waals surface area contributed by atoms with E-state index in [4.69, 9.17) is 5.11 Å². The molecule has 0 saturated carbocycles. The van der Waals surface area contributed by atoms with Crippen LogP contribution >= 0.6 is 36.2 Å².